The summed E-state index contributed by atoms with van der Waals surface area (Å²) in [5.74, 6) is 0.457. The summed E-state index contributed by atoms with van der Waals surface area (Å²) in [5, 5.41) is 5.97. The van der Waals surface area contributed by atoms with Crippen LogP contribution in [-0.4, -0.2) is 25.8 Å². The van der Waals surface area contributed by atoms with Crippen LogP contribution in [0.1, 0.15) is 12.0 Å². The SMILES string of the molecule is Cc1cccc(NC(=O)OCC2CCNC2)c1. The lowest BCUT2D eigenvalue weighted by molar-refractivity contribution is 0.144. The average Bonchev–Trinajstić information content (AvgIpc) is 2.79. The molecule has 2 rings (SSSR count). The van der Waals surface area contributed by atoms with Gasteiger partial charge in [0, 0.05) is 18.2 Å². The van der Waals surface area contributed by atoms with Crippen LogP contribution in [-0.2, 0) is 4.74 Å². The van der Waals surface area contributed by atoms with Crippen molar-refractivity contribution < 1.29 is 9.53 Å². The lowest BCUT2D eigenvalue weighted by Crippen LogP contribution is -2.20. The number of nitrogens with one attached hydrogen (secondary N) is 2. The van der Waals surface area contributed by atoms with Crippen molar-refractivity contribution in [2.24, 2.45) is 5.92 Å². The van der Waals surface area contributed by atoms with Crippen molar-refractivity contribution in [1.82, 2.24) is 5.32 Å². The van der Waals surface area contributed by atoms with Crippen LogP contribution in [0.5, 0.6) is 0 Å². The number of anilines is 1. The molecule has 0 radical (unpaired) electrons. The number of ether oxygens (including phenoxy) is 1. The zero-order chi connectivity index (χ0) is 12.1. The van der Waals surface area contributed by atoms with E-state index in [9.17, 15) is 4.79 Å². The molecule has 1 aromatic carbocycles. The van der Waals surface area contributed by atoms with Crippen LogP contribution in [0.15, 0.2) is 24.3 Å². The van der Waals surface area contributed by atoms with E-state index in [2.05, 4.69) is 10.6 Å². The van der Waals surface area contributed by atoms with Gasteiger partial charge in [-0.15, -0.1) is 0 Å². The van der Waals surface area contributed by atoms with Gasteiger partial charge < -0.3 is 10.1 Å². The van der Waals surface area contributed by atoms with Crippen LogP contribution in [0.3, 0.4) is 0 Å². The Bertz CT molecular complexity index is 387. The molecule has 1 aromatic rings. The smallest absolute Gasteiger partial charge is 0.411 e. The van der Waals surface area contributed by atoms with Gasteiger partial charge >= 0.3 is 6.09 Å². The molecule has 1 fully saturated rings. The number of carbonyl (C=O) groups is 1. The maximum absolute atomic E-state index is 11.5. The van der Waals surface area contributed by atoms with E-state index in [1.165, 1.54) is 0 Å². The molecule has 0 bridgehead atoms. The van der Waals surface area contributed by atoms with Gasteiger partial charge in [0.05, 0.1) is 6.61 Å². The summed E-state index contributed by atoms with van der Waals surface area (Å²) in [6.45, 7) is 4.44. The summed E-state index contributed by atoms with van der Waals surface area (Å²) in [4.78, 5) is 11.5. The number of hydrogen-bond donors (Lipinski definition) is 2. The second-order valence-electron chi connectivity index (χ2n) is 4.45. The molecule has 0 aliphatic carbocycles. The van der Waals surface area contributed by atoms with E-state index in [-0.39, 0.29) is 6.09 Å². The molecule has 1 atom stereocenters. The number of rotatable bonds is 3. The molecule has 1 aliphatic heterocycles. The highest BCUT2D eigenvalue weighted by molar-refractivity contribution is 5.84. The Morgan fingerprint density at radius 1 is 1.59 bits per heavy atom. The molecule has 1 aliphatic rings. The van der Waals surface area contributed by atoms with Crippen LogP contribution in [0, 0.1) is 12.8 Å². The molecule has 1 heterocycles. The van der Waals surface area contributed by atoms with E-state index in [4.69, 9.17) is 4.74 Å². The second kappa shape index (κ2) is 5.68. The van der Waals surface area contributed by atoms with Gasteiger partial charge in [0.15, 0.2) is 0 Å². The first-order valence-corrected chi connectivity index (χ1v) is 5.95. The molecule has 4 nitrogen and oxygen atoms in total. The van der Waals surface area contributed by atoms with E-state index in [1.54, 1.807) is 0 Å². The molecule has 1 amide bonds. The topological polar surface area (TPSA) is 50.4 Å². The Labute approximate surface area is 101 Å². The molecule has 0 aromatic heterocycles. The Morgan fingerprint density at radius 3 is 3.18 bits per heavy atom. The minimum atomic E-state index is -0.373. The van der Waals surface area contributed by atoms with Gasteiger partial charge in [-0.05, 0) is 37.6 Å². The van der Waals surface area contributed by atoms with Crippen LogP contribution in [0.4, 0.5) is 10.5 Å². The van der Waals surface area contributed by atoms with Crippen molar-refractivity contribution in [1.29, 1.82) is 0 Å². The van der Waals surface area contributed by atoms with Gasteiger partial charge in [0.1, 0.15) is 0 Å². The van der Waals surface area contributed by atoms with E-state index >= 15 is 0 Å². The lowest BCUT2D eigenvalue weighted by atomic mass is 10.1. The summed E-state index contributed by atoms with van der Waals surface area (Å²) < 4.78 is 5.18. The van der Waals surface area contributed by atoms with Crippen LogP contribution in [0.2, 0.25) is 0 Å². The van der Waals surface area contributed by atoms with Crippen molar-refractivity contribution in [3.63, 3.8) is 0 Å². The highest BCUT2D eigenvalue weighted by Crippen LogP contribution is 2.11. The predicted octanol–water partition coefficient (Wildman–Crippen LogP) is 2.15. The van der Waals surface area contributed by atoms with Crippen LogP contribution >= 0.6 is 0 Å². The van der Waals surface area contributed by atoms with Crippen LogP contribution in [0.25, 0.3) is 0 Å². The highest BCUT2D eigenvalue weighted by atomic mass is 16.5. The summed E-state index contributed by atoms with van der Waals surface area (Å²) >= 11 is 0. The van der Waals surface area contributed by atoms with Gasteiger partial charge in [-0.3, -0.25) is 5.32 Å². The molecule has 17 heavy (non-hydrogen) atoms. The monoisotopic (exact) mass is 234 g/mol. The first-order valence-electron chi connectivity index (χ1n) is 5.95. The van der Waals surface area contributed by atoms with Gasteiger partial charge in [-0.2, -0.15) is 0 Å². The minimum absolute atomic E-state index is 0.373. The van der Waals surface area contributed by atoms with Crippen molar-refractivity contribution in [3.8, 4) is 0 Å². The zero-order valence-corrected chi connectivity index (χ0v) is 10.0. The minimum Gasteiger partial charge on any atom is -0.449 e. The third-order valence-electron chi connectivity index (χ3n) is 2.88. The average molecular weight is 234 g/mol. The number of amides is 1. The van der Waals surface area contributed by atoms with Crippen molar-refractivity contribution >= 4 is 11.8 Å². The number of benzene rings is 1. The molecular weight excluding hydrogens is 216 g/mol. The number of hydrogen-bond acceptors (Lipinski definition) is 3. The Hall–Kier alpha value is -1.55. The number of carbonyl (C=O) groups excluding carboxylic acids is 1. The standard InChI is InChI=1S/C13H18N2O2/c1-10-3-2-4-12(7-10)15-13(16)17-9-11-5-6-14-8-11/h2-4,7,11,14H,5-6,8-9H2,1H3,(H,15,16). The molecule has 0 spiro atoms. The van der Waals surface area contributed by atoms with Gasteiger partial charge in [-0.25, -0.2) is 4.79 Å². The van der Waals surface area contributed by atoms with Gasteiger partial charge in [0.25, 0.3) is 0 Å². The quantitative estimate of drug-likeness (QED) is 0.842. The normalized spacial score (nSPS) is 19.0. The second-order valence-corrected chi connectivity index (χ2v) is 4.45. The largest absolute Gasteiger partial charge is 0.449 e. The molecule has 0 saturated carbocycles. The maximum atomic E-state index is 11.5. The fourth-order valence-corrected chi connectivity index (χ4v) is 1.93. The van der Waals surface area contributed by atoms with Crippen molar-refractivity contribution in [2.75, 3.05) is 25.0 Å². The Balaban J connectivity index is 1.76. The zero-order valence-electron chi connectivity index (χ0n) is 10.0. The summed E-state index contributed by atoms with van der Waals surface area (Å²) in [5.41, 5.74) is 1.89. The fraction of sp³-hybridized carbons (Fsp3) is 0.462. The third-order valence-corrected chi connectivity index (χ3v) is 2.88. The summed E-state index contributed by atoms with van der Waals surface area (Å²) in [6.07, 6.45) is 0.708. The summed E-state index contributed by atoms with van der Waals surface area (Å²) in [6, 6.07) is 7.66. The molecule has 1 unspecified atom stereocenters. The third kappa shape index (κ3) is 3.75. The van der Waals surface area contributed by atoms with Gasteiger partial charge in [0.2, 0.25) is 0 Å². The molecule has 2 N–H and O–H groups in total. The predicted molar refractivity (Wildman–Crippen MR) is 67.1 cm³/mol. The van der Waals surface area contributed by atoms with Crippen LogP contribution < -0.4 is 10.6 Å². The number of aryl methyl sites for hydroxylation is 1. The van der Waals surface area contributed by atoms with Crippen molar-refractivity contribution in [3.05, 3.63) is 29.8 Å². The fourth-order valence-electron chi connectivity index (χ4n) is 1.93. The molecular formula is C13H18N2O2. The molecule has 92 valence electrons. The maximum Gasteiger partial charge on any atom is 0.411 e. The first kappa shape index (κ1) is 11.9. The van der Waals surface area contributed by atoms with E-state index in [1.807, 2.05) is 31.2 Å². The molecule has 4 heteroatoms. The van der Waals surface area contributed by atoms with E-state index < -0.39 is 0 Å². The van der Waals surface area contributed by atoms with Crippen molar-refractivity contribution in [2.45, 2.75) is 13.3 Å². The Morgan fingerprint density at radius 2 is 2.47 bits per heavy atom. The first-order chi connectivity index (χ1) is 8.24. The summed E-state index contributed by atoms with van der Waals surface area (Å²) in [7, 11) is 0. The van der Waals surface area contributed by atoms with E-state index in [0.29, 0.717) is 12.5 Å². The molecule has 1 saturated heterocycles. The van der Waals surface area contributed by atoms with Gasteiger partial charge in [-0.1, -0.05) is 12.1 Å². The Kier molecular flexibility index (Phi) is 3.98. The highest BCUT2D eigenvalue weighted by Gasteiger charge is 2.16. The van der Waals surface area contributed by atoms with E-state index in [0.717, 1.165) is 30.8 Å². The lowest BCUT2D eigenvalue weighted by Gasteiger charge is -2.10.